The molecule has 29 heavy (non-hydrogen) atoms. The number of para-hydroxylation sites is 1. The Balaban J connectivity index is 1.45. The molecular weight excluding hydrogens is 362 g/mol. The highest BCUT2D eigenvalue weighted by Gasteiger charge is 2.13. The van der Waals surface area contributed by atoms with Gasteiger partial charge in [0.25, 0.3) is 0 Å². The van der Waals surface area contributed by atoms with Crippen molar-refractivity contribution in [3.63, 3.8) is 0 Å². The van der Waals surface area contributed by atoms with Crippen LogP contribution in [0, 0.1) is 0 Å². The molecule has 1 aliphatic rings. The number of nitrogens with zero attached hydrogens (tertiary/aromatic N) is 3. The van der Waals surface area contributed by atoms with Gasteiger partial charge in [-0.2, -0.15) is 0 Å². The Kier molecular flexibility index (Phi) is 7.73. The number of hydrogen-bond donors (Lipinski definition) is 2. The summed E-state index contributed by atoms with van der Waals surface area (Å²) in [5.41, 5.74) is 2.21. The molecule has 1 aliphatic heterocycles. The summed E-state index contributed by atoms with van der Waals surface area (Å²) in [6, 6.07) is 14.3. The van der Waals surface area contributed by atoms with Crippen LogP contribution < -0.4 is 20.4 Å². The Labute approximate surface area is 174 Å². The van der Waals surface area contributed by atoms with E-state index in [1.54, 1.807) is 0 Å². The molecule has 0 spiro atoms. The van der Waals surface area contributed by atoms with E-state index in [2.05, 4.69) is 50.5 Å². The van der Waals surface area contributed by atoms with Crippen molar-refractivity contribution in [2.45, 2.75) is 45.2 Å². The molecule has 156 valence electrons. The van der Waals surface area contributed by atoms with Crippen molar-refractivity contribution in [2.24, 2.45) is 0 Å². The largest absolute Gasteiger partial charge is 0.370 e. The summed E-state index contributed by atoms with van der Waals surface area (Å²) in [5.74, 6) is 1.02. The molecule has 0 aliphatic carbocycles. The molecule has 0 saturated carbocycles. The fraction of sp³-hybridized carbons (Fsp3) is 0.478. The zero-order valence-corrected chi connectivity index (χ0v) is 17.6. The number of carbonyl (C=O) groups is 1. The molecule has 1 aromatic heterocycles. The van der Waals surface area contributed by atoms with Gasteiger partial charge in [-0.1, -0.05) is 31.0 Å². The minimum Gasteiger partial charge on any atom is -0.370 e. The second-order valence-electron chi connectivity index (χ2n) is 7.78. The number of amides is 2. The van der Waals surface area contributed by atoms with E-state index in [-0.39, 0.29) is 12.1 Å². The van der Waals surface area contributed by atoms with Gasteiger partial charge in [-0.25, -0.2) is 9.78 Å². The van der Waals surface area contributed by atoms with Crippen LogP contribution in [0.4, 0.5) is 16.3 Å². The Morgan fingerprint density at radius 3 is 2.55 bits per heavy atom. The maximum absolute atomic E-state index is 12.2. The van der Waals surface area contributed by atoms with E-state index in [0.717, 1.165) is 30.2 Å². The Morgan fingerprint density at radius 2 is 1.83 bits per heavy atom. The minimum absolute atomic E-state index is 0.147. The fourth-order valence-corrected chi connectivity index (χ4v) is 3.58. The second kappa shape index (κ2) is 10.7. The molecule has 0 bridgehead atoms. The molecule has 2 amide bonds. The summed E-state index contributed by atoms with van der Waals surface area (Å²) >= 11 is 0. The van der Waals surface area contributed by atoms with Crippen LogP contribution in [0.3, 0.4) is 0 Å². The first-order valence-electron chi connectivity index (χ1n) is 10.6. The first-order valence-corrected chi connectivity index (χ1v) is 10.6. The number of pyridine rings is 1. The molecule has 2 N–H and O–H groups in total. The number of urea groups is 1. The van der Waals surface area contributed by atoms with Gasteiger partial charge in [0.15, 0.2) is 0 Å². The van der Waals surface area contributed by atoms with Crippen molar-refractivity contribution in [1.82, 2.24) is 15.6 Å². The molecule has 3 rings (SSSR count). The van der Waals surface area contributed by atoms with Crippen LogP contribution in [0.15, 0.2) is 48.7 Å². The number of anilines is 2. The first kappa shape index (κ1) is 21.0. The molecule has 6 heteroatoms. The zero-order valence-electron chi connectivity index (χ0n) is 17.6. The van der Waals surface area contributed by atoms with Gasteiger partial charge in [-0.05, 0) is 49.6 Å². The molecule has 0 radical (unpaired) electrons. The molecule has 2 heterocycles. The van der Waals surface area contributed by atoms with E-state index in [1.165, 1.54) is 25.7 Å². The number of carbonyl (C=O) groups excluding carboxylic acids is 1. The van der Waals surface area contributed by atoms with Crippen LogP contribution >= 0.6 is 0 Å². The normalized spacial score (nSPS) is 15.3. The molecule has 1 aromatic carbocycles. The van der Waals surface area contributed by atoms with E-state index in [9.17, 15) is 4.79 Å². The Morgan fingerprint density at radius 1 is 1.10 bits per heavy atom. The molecule has 1 unspecified atom stereocenters. The van der Waals surface area contributed by atoms with E-state index >= 15 is 0 Å². The summed E-state index contributed by atoms with van der Waals surface area (Å²) < 4.78 is 0. The third-order valence-electron chi connectivity index (χ3n) is 5.58. The fourth-order valence-electron chi connectivity index (χ4n) is 3.58. The van der Waals surface area contributed by atoms with Gasteiger partial charge in [-0.15, -0.1) is 0 Å². The maximum Gasteiger partial charge on any atom is 0.315 e. The van der Waals surface area contributed by atoms with Crippen molar-refractivity contribution < 1.29 is 4.79 Å². The third-order valence-corrected chi connectivity index (χ3v) is 5.58. The zero-order chi connectivity index (χ0) is 20.5. The Bertz CT molecular complexity index is 759. The van der Waals surface area contributed by atoms with E-state index < -0.39 is 0 Å². The Hall–Kier alpha value is -2.76. The molecular formula is C23H33N5O. The van der Waals surface area contributed by atoms with E-state index in [1.807, 2.05) is 37.5 Å². The average molecular weight is 396 g/mol. The average Bonchev–Trinajstić information content (AvgIpc) is 3.06. The topological polar surface area (TPSA) is 60.5 Å². The standard InChI is InChI=1S/C23H33N5O/c1-19(27(2)21-10-6-5-7-11-21)17-25-23(29)26-18-20-12-13-24-22(16-20)28-14-8-3-4-9-15-28/h5-7,10-13,16,19H,3-4,8-9,14-15,17-18H2,1-2H3,(H2,25,26,29). The lowest BCUT2D eigenvalue weighted by atomic mass is 10.2. The monoisotopic (exact) mass is 395 g/mol. The molecule has 1 fully saturated rings. The van der Waals surface area contributed by atoms with Crippen molar-refractivity contribution >= 4 is 17.5 Å². The predicted octanol–water partition coefficient (Wildman–Crippen LogP) is 3.79. The summed E-state index contributed by atoms with van der Waals surface area (Å²) in [6.07, 6.45) is 6.89. The first-order chi connectivity index (χ1) is 14.1. The minimum atomic E-state index is -0.147. The van der Waals surface area contributed by atoms with Crippen LogP contribution in [-0.4, -0.2) is 43.7 Å². The SMILES string of the molecule is CC(CNC(=O)NCc1ccnc(N2CCCCCC2)c1)N(C)c1ccccc1. The van der Waals surface area contributed by atoms with Gasteiger partial charge < -0.3 is 20.4 Å². The lowest BCUT2D eigenvalue weighted by Crippen LogP contribution is -2.43. The smallest absolute Gasteiger partial charge is 0.315 e. The lowest BCUT2D eigenvalue weighted by Gasteiger charge is -2.27. The summed E-state index contributed by atoms with van der Waals surface area (Å²) in [6.45, 7) is 5.31. The van der Waals surface area contributed by atoms with Gasteiger partial charge in [0, 0.05) is 51.2 Å². The highest BCUT2D eigenvalue weighted by Crippen LogP contribution is 2.18. The predicted molar refractivity (Wildman–Crippen MR) is 119 cm³/mol. The van der Waals surface area contributed by atoms with Crippen LogP contribution in [0.25, 0.3) is 0 Å². The highest BCUT2D eigenvalue weighted by atomic mass is 16.2. The van der Waals surface area contributed by atoms with Crippen molar-refractivity contribution in [2.75, 3.05) is 36.5 Å². The van der Waals surface area contributed by atoms with Crippen molar-refractivity contribution in [3.8, 4) is 0 Å². The maximum atomic E-state index is 12.2. The number of rotatable bonds is 7. The van der Waals surface area contributed by atoms with Gasteiger partial charge >= 0.3 is 6.03 Å². The summed E-state index contributed by atoms with van der Waals surface area (Å²) in [7, 11) is 2.04. The second-order valence-corrected chi connectivity index (χ2v) is 7.78. The van der Waals surface area contributed by atoms with Crippen LogP contribution in [0.5, 0.6) is 0 Å². The molecule has 6 nitrogen and oxygen atoms in total. The number of benzene rings is 1. The van der Waals surface area contributed by atoms with Gasteiger partial charge in [0.1, 0.15) is 5.82 Å². The lowest BCUT2D eigenvalue weighted by molar-refractivity contribution is 0.240. The number of likely N-dealkylation sites (N-methyl/N-ethyl adjacent to an activating group) is 1. The number of hydrogen-bond acceptors (Lipinski definition) is 4. The molecule has 1 atom stereocenters. The van der Waals surface area contributed by atoms with Crippen LogP contribution in [0.2, 0.25) is 0 Å². The number of nitrogens with one attached hydrogen (secondary N) is 2. The highest BCUT2D eigenvalue weighted by molar-refractivity contribution is 5.74. The number of aromatic nitrogens is 1. The third kappa shape index (κ3) is 6.38. The van der Waals surface area contributed by atoms with Crippen molar-refractivity contribution in [1.29, 1.82) is 0 Å². The van der Waals surface area contributed by atoms with Crippen LogP contribution in [0.1, 0.15) is 38.2 Å². The van der Waals surface area contributed by atoms with Gasteiger partial charge in [-0.3, -0.25) is 0 Å². The summed E-state index contributed by atoms with van der Waals surface area (Å²) in [4.78, 5) is 21.3. The molecule has 2 aromatic rings. The molecule has 1 saturated heterocycles. The van der Waals surface area contributed by atoms with E-state index in [0.29, 0.717) is 13.1 Å². The van der Waals surface area contributed by atoms with Crippen molar-refractivity contribution in [3.05, 3.63) is 54.2 Å². The quantitative estimate of drug-likeness (QED) is 0.749. The summed E-state index contributed by atoms with van der Waals surface area (Å²) in [5, 5.41) is 5.93. The van der Waals surface area contributed by atoms with Gasteiger partial charge in [0.2, 0.25) is 0 Å². The van der Waals surface area contributed by atoms with Crippen LogP contribution in [-0.2, 0) is 6.54 Å². The van der Waals surface area contributed by atoms with E-state index in [4.69, 9.17) is 0 Å². The van der Waals surface area contributed by atoms with Gasteiger partial charge in [0.05, 0.1) is 0 Å².